The highest BCUT2D eigenvalue weighted by Crippen LogP contribution is 2.26. The Hall–Kier alpha value is -3.02. The fourth-order valence-electron chi connectivity index (χ4n) is 3.92. The van der Waals surface area contributed by atoms with Crippen molar-refractivity contribution in [3.8, 4) is 5.75 Å². The van der Waals surface area contributed by atoms with Gasteiger partial charge in [-0.2, -0.15) is 0 Å². The molecule has 3 aromatic carbocycles. The largest absolute Gasteiger partial charge is 0.497 e. The second-order valence-electron chi connectivity index (χ2n) is 8.77. The molecule has 0 unspecified atom stereocenters. The molecule has 2 atom stereocenters. The van der Waals surface area contributed by atoms with Crippen molar-refractivity contribution in [1.82, 2.24) is 10.2 Å². The Labute approximate surface area is 223 Å². The first-order chi connectivity index (χ1) is 17.3. The van der Waals surface area contributed by atoms with E-state index in [2.05, 4.69) is 5.32 Å². The van der Waals surface area contributed by atoms with Crippen LogP contribution in [0, 0.1) is 0 Å². The summed E-state index contributed by atoms with van der Waals surface area (Å²) in [7, 11) is 1.60. The third-order valence-electron chi connectivity index (χ3n) is 6.15. The van der Waals surface area contributed by atoms with Crippen LogP contribution in [0.4, 0.5) is 0 Å². The van der Waals surface area contributed by atoms with Gasteiger partial charge < -0.3 is 15.0 Å². The number of amides is 2. The van der Waals surface area contributed by atoms with Crippen LogP contribution >= 0.6 is 23.2 Å². The zero-order chi connectivity index (χ0) is 26.1. The van der Waals surface area contributed by atoms with E-state index in [9.17, 15) is 9.59 Å². The number of nitrogens with zero attached hydrogens (tertiary/aromatic N) is 1. The smallest absolute Gasteiger partial charge is 0.243 e. The van der Waals surface area contributed by atoms with E-state index in [1.807, 2.05) is 68.4 Å². The summed E-state index contributed by atoms with van der Waals surface area (Å²) in [6.07, 6.45) is 1.13. The van der Waals surface area contributed by atoms with E-state index >= 15 is 0 Å². The van der Waals surface area contributed by atoms with E-state index in [0.29, 0.717) is 27.8 Å². The van der Waals surface area contributed by atoms with Crippen LogP contribution in [0.1, 0.15) is 37.0 Å². The van der Waals surface area contributed by atoms with Gasteiger partial charge in [0.15, 0.2) is 0 Å². The van der Waals surface area contributed by atoms with Crippen LogP contribution < -0.4 is 10.1 Å². The fraction of sp³-hybridized carbons (Fsp3) is 0.310. The summed E-state index contributed by atoms with van der Waals surface area (Å²) in [5.41, 5.74) is 2.35. The number of carbonyl (C=O) groups is 2. The first-order valence-corrected chi connectivity index (χ1v) is 12.8. The van der Waals surface area contributed by atoms with Crippen molar-refractivity contribution in [2.75, 3.05) is 7.11 Å². The summed E-state index contributed by atoms with van der Waals surface area (Å²) in [5, 5.41) is 3.91. The number of ether oxygens (including phenoxy) is 1. The monoisotopic (exact) mass is 526 g/mol. The molecular weight excluding hydrogens is 495 g/mol. The molecule has 5 nitrogen and oxygen atoms in total. The van der Waals surface area contributed by atoms with Gasteiger partial charge in [-0.1, -0.05) is 78.7 Å². The molecule has 36 heavy (non-hydrogen) atoms. The van der Waals surface area contributed by atoms with Gasteiger partial charge in [0.2, 0.25) is 11.8 Å². The summed E-state index contributed by atoms with van der Waals surface area (Å²) in [6.45, 7) is 4.19. The molecule has 0 aliphatic rings. The standard InChI is InChI=1S/C29H32Cl2N2O3/c1-4-20(2)32-29(35)27(17-21-10-6-5-7-11-21)33(19-22-12-8-13-23(16-22)36-3)28(34)18-24-25(30)14-9-15-26(24)31/h5-16,20,27H,4,17-19H2,1-3H3,(H,32,35)/t20-,27-/m0/s1. The Bertz CT molecular complexity index is 1150. The lowest BCUT2D eigenvalue weighted by molar-refractivity contribution is -0.141. The number of benzene rings is 3. The maximum atomic E-state index is 13.9. The SMILES string of the molecule is CC[C@H](C)NC(=O)[C@H](Cc1ccccc1)N(Cc1cccc(OC)c1)C(=O)Cc1c(Cl)cccc1Cl. The zero-order valence-electron chi connectivity index (χ0n) is 20.8. The van der Waals surface area contributed by atoms with Gasteiger partial charge in [0.25, 0.3) is 0 Å². The van der Waals surface area contributed by atoms with Crippen molar-refractivity contribution in [3.05, 3.63) is 99.5 Å². The molecule has 0 aliphatic carbocycles. The minimum absolute atomic E-state index is 0.0234. The quantitative estimate of drug-likeness (QED) is 0.328. The van der Waals surface area contributed by atoms with Crippen LogP contribution in [0.15, 0.2) is 72.8 Å². The molecule has 190 valence electrons. The Kier molecular flexibility index (Phi) is 10.2. The molecule has 0 aromatic heterocycles. The van der Waals surface area contributed by atoms with Gasteiger partial charge in [-0.3, -0.25) is 9.59 Å². The molecule has 1 N–H and O–H groups in total. The maximum absolute atomic E-state index is 13.9. The molecule has 3 rings (SSSR count). The topological polar surface area (TPSA) is 58.6 Å². The Balaban J connectivity index is 2.02. The number of nitrogens with one attached hydrogen (secondary N) is 1. The first kappa shape index (κ1) is 27.6. The van der Waals surface area contributed by atoms with Gasteiger partial charge in [0.05, 0.1) is 13.5 Å². The van der Waals surface area contributed by atoms with Crippen molar-refractivity contribution in [1.29, 1.82) is 0 Å². The molecule has 7 heteroatoms. The Morgan fingerprint density at radius 1 is 0.944 bits per heavy atom. The number of halogens is 2. The molecule has 0 radical (unpaired) electrons. The van der Waals surface area contributed by atoms with Crippen molar-refractivity contribution in [2.24, 2.45) is 0 Å². The van der Waals surface area contributed by atoms with Crippen LogP contribution in [-0.2, 0) is 29.0 Å². The molecule has 0 spiro atoms. The average molecular weight is 527 g/mol. The van der Waals surface area contributed by atoms with Crippen LogP contribution in [0.5, 0.6) is 5.75 Å². The fourth-order valence-corrected chi connectivity index (χ4v) is 4.45. The molecule has 0 bridgehead atoms. The Morgan fingerprint density at radius 3 is 2.22 bits per heavy atom. The highest BCUT2D eigenvalue weighted by molar-refractivity contribution is 6.36. The third kappa shape index (κ3) is 7.49. The lowest BCUT2D eigenvalue weighted by atomic mass is 10.0. The van der Waals surface area contributed by atoms with Gasteiger partial charge in [-0.15, -0.1) is 0 Å². The van der Waals surface area contributed by atoms with E-state index < -0.39 is 6.04 Å². The van der Waals surface area contributed by atoms with Crippen molar-refractivity contribution in [2.45, 2.75) is 51.7 Å². The second kappa shape index (κ2) is 13.3. The Morgan fingerprint density at radius 2 is 1.58 bits per heavy atom. The van der Waals surface area contributed by atoms with Gasteiger partial charge in [0, 0.05) is 29.1 Å². The number of carbonyl (C=O) groups excluding carboxylic acids is 2. The summed E-state index contributed by atoms with van der Waals surface area (Å²) < 4.78 is 5.38. The van der Waals surface area contributed by atoms with E-state index in [0.717, 1.165) is 17.5 Å². The summed E-state index contributed by atoms with van der Waals surface area (Å²) in [4.78, 5) is 29.1. The van der Waals surface area contributed by atoms with E-state index in [1.54, 1.807) is 30.2 Å². The summed E-state index contributed by atoms with van der Waals surface area (Å²) in [6, 6.07) is 21.6. The summed E-state index contributed by atoms with van der Waals surface area (Å²) in [5.74, 6) is 0.237. The molecule has 0 aliphatic heterocycles. The lowest BCUT2D eigenvalue weighted by Crippen LogP contribution is -2.52. The molecule has 2 amide bonds. The number of hydrogen-bond acceptors (Lipinski definition) is 3. The minimum Gasteiger partial charge on any atom is -0.497 e. The zero-order valence-corrected chi connectivity index (χ0v) is 22.4. The van der Waals surface area contributed by atoms with E-state index in [4.69, 9.17) is 27.9 Å². The maximum Gasteiger partial charge on any atom is 0.243 e. The summed E-state index contributed by atoms with van der Waals surface area (Å²) >= 11 is 12.8. The van der Waals surface area contributed by atoms with E-state index in [1.165, 1.54) is 0 Å². The van der Waals surface area contributed by atoms with Crippen LogP contribution in [0.2, 0.25) is 10.0 Å². The second-order valence-corrected chi connectivity index (χ2v) is 9.59. The normalized spacial score (nSPS) is 12.5. The predicted octanol–water partition coefficient (Wildman–Crippen LogP) is 6.10. The molecule has 0 heterocycles. The van der Waals surface area contributed by atoms with Crippen LogP contribution in [0.3, 0.4) is 0 Å². The lowest BCUT2D eigenvalue weighted by Gasteiger charge is -2.32. The highest BCUT2D eigenvalue weighted by Gasteiger charge is 2.31. The number of rotatable bonds is 11. The van der Waals surface area contributed by atoms with Gasteiger partial charge in [-0.05, 0) is 54.3 Å². The van der Waals surface area contributed by atoms with Crippen molar-refractivity contribution in [3.63, 3.8) is 0 Å². The molecular formula is C29H32Cl2N2O3. The van der Waals surface area contributed by atoms with Gasteiger partial charge >= 0.3 is 0 Å². The van der Waals surface area contributed by atoms with Gasteiger partial charge in [0.1, 0.15) is 11.8 Å². The molecule has 0 saturated heterocycles. The van der Waals surface area contributed by atoms with E-state index in [-0.39, 0.29) is 30.8 Å². The molecule has 3 aromatic rings. The number of hydrogen-bond donors (Lipinski definition) is 1. The first-order valence-electron chi connectivity index (χ1n) is 12.0. The van der Waals surface area contributed by atoms with Crippen LogP contribution in [0.25, 0.3) is 0 Å². The molecule has 0 fully saturated rings. The van der Waals surface area contributed by atoms with Gasteiger partial charge in [-0.25, -0.2) is 0 Å². The van der Waals surface area contributed by atoms with Crippen molar-refractivity contribution < 1.29 is 14.3 Å². The van der Waals surface area contributed by atoms with Crippen molar-refractivity contribution >= 4 is 35.0 Å². The molecule has 0 saturated carbocycles. The average Bonchev–Trinajstić information content (AvgIpc) is 2.88. The third-order valence-corrected chi connectivity index (χ3v) is 6.86. The van der Waals surface area contributed by atoms with Crippen LogP contribution in [-0.4, -0.2) is 35.9 Å². The predicted molar refractivity (Wildman–Crippen MR) is 146 cm³/mol. The number of methoxy groups -OCH3 is 1. The highest BCUT2D eigenvalue weighted by atomic mass is 35.5. The minimum atomic E-state index is -0.735.